The average Bonchev–Trinajstić information content (AvgIpc) is 3.54. The van der Waals surface area contributed by atoms with E-state index in [1.807, 2.05) is 24.4 Å². The number of carbonyl (C=O) groups is 2. The third-order valence-corrected chi connectivity index (χ3v) is 7.20. The van der Waals surface area contributed by atoms with Gasteiger partial charge in [0.25, 0.3) is 11.5 Å². The highest BCUT2D eigenvalue weighted by atomic mass is 32.1. The predicted molar refractivity (Wildman–Crippen MR) is 138 cm³/mol. The summed E-state index contributed by atoms with van der Waals surface area (Å²) in [5.74, 6) is -3.91. The summed E-state index contributed by atoms with van der Waals surface area (Å²) in [6.07, 6.45) is 4.53. The van der Waals surface area contributed by atoms with Gasteiger partial charge in [-0.2, -0.15) is 0 Å². The summed E-state index contributed by atoms with van der Waals surface area (Å²) in [6, 6.07) is 12.5. The lowest BCUT2D eigenvalue weighted by Crippen LogP contribution is -2.35. The number of benzene rings is 1. The van der Waals surface area contributed by atoms with Crippen LogP contribution >= 0.6 is 11.3 Å². The van der Waals surface area contributed by atoms with Gasteiger partial charge in [-0.15, -0.1) is 11.3 Å². The molecular weight excluding hydrogens is 514 g/mol. The maximum Gasteiger partial charge on any atom is 0.305 e. The first-order chi connectivity index (χ1) is 18.3. The van der Waals surface area contributed by atoms with Crippen molar-refractivity contribution in [3.8, 4) is 10.4 Å². The Morgan fingerprint density at radius 1 is 1.11 bits per heavy atom. The van der Waals surface area contributed by atoms with Gasteiger partial charge in [-0.3, -0.25) is 14.4 Å². The summed E-state index contributed by atoms with van der Waals surface area (Å²) in [7, 11) is 0. The number of pyridine rings is 2. The van der Waals surface area contributed by atoms with Crippen LogP contribution in [0.2, 0.25) is 0 Å². The van der Waals surface area contributed by atoms with Gasteiger partial charge >= 0.3 is 5.97 Å². The molecule has 38 heavy (non-hydrogen) atoms. The van der Waals surface area contributed by atoms with Crippen LogP contribution in [0.25, 0.3) is 21.5 Å². The van der Waals surface area contributed by atoms with Gasteiger partial charge in [0.15, 0.2) is 11.6 Å². The Bertz CT molecular complexity index is 1730. The van der Waals surface area contributed by atoms with E-state index in [0.717, 1.165) is 33.6 Å². The third kappa shape index (κ3) is 5.09. The summed E-state index contributed by atoms with van der Waals surface area (Å²) in [5, 5.41) is 13.1. The molecule has 0 bridgehead atoms. The lowest BCUT2D eigenvalue weighted by molar-refractivity contribution is -0.137. The molecule has 0 aliphatic rings. The summed E-state index contributed by atoms with van der Waals surface area (Å²) in [5.41, 5.74) is 1.10. The first-order valence-corrected chi connectivity index (χ1v) is 12.3. The van der Waals surface area contributed by atoms with Crippen LogP contribution in [-0.4, -0.2) is 31.5 Å². The highest BCUT2D eigenvalue weighted by Gasteiger charge is 2.23. The van der Waals surface area contributed by atoms with Crippen molar-refractivity contribution >= 4 is 34.2 Å². The second kappa shape index (κ2) is 10.4. The van der Waals surface area contributed by atoms with Crippen LogP contribution in [0.15, 0.2) is 78.0 Å². The number of fused-ring (bicyclic) bond motifs is 1. The minimum Gasteiger partial charge on any atom is -0.481 e. The zero-order valence-corrected chi connectivity index (χ0v) is 20.5. The Hall–Kier alpha value is -4.64. The number of carboxylic acids is 1. The monoisotopic (exact) mass is 534 g/mol. The third-order valence-electron chi connectivity index (χ3n) is 5.97. The number of carboxylic acid groups (broad SMARTS) is 1. The lowest BCUT2D eigenvalue weighted by Gasteiger charge is -2.16. The zero-order chi connectivity index (χ0) is 26.8. The fourth-order valence-corrected chi connectivity index (χ4v) is 5.24. The second-order valence-electron chi connectivity index (χ2n) is 8.53. The maximum atomic E-state index is 13.6. The number of nitrogens with one attached hydrogen (secondary N) is 2. The molecule has 4 heterocycles. The smallest absolute Gasteiger partial charge is 0.305 e. The van der Waals surface area contributed by atoms with Crippen molar-refractivity contribution in [2.45, 2.75) is 19.0 Å². The Morgan fingerprint density at radius 2 is 1.95 bits per heavy atom. The van der Waals surface area contributed by atoms with Crippen LogP contribution < -0.4 is 10.9 Å². The van der Waals surface area contributed by atoms with Gasteiger partial charge < -0.3 is 20.0 Å². The number of hydrogen-bond acceptors (Lipinski definition) is 5. The van der Waals surface area contributed by atoms with Gasteiger partial charge in [0.05, 0.1) is 19.0 Å². The molecule has 0 saturated carbocycles. The molecule has 1 aromatic carbocycles. The molecule has 11 heteroatoms. The van der Waals surface area contributed by atoms with Crippen LogP contribution in [0.3, 0.4) is 0 Å². The maximum absolute atomic E-state index is 13.6. The van der Waals surface area contributed by atoms with Gasteiger partial charge in [0.2, 0.25) is 0 Å². The van der Waals surface area contributed by atoms with E-state index < -0.39 is 41.5 Å². The summed E-state index contributed by atoms with van der Waals surface area (Å²) >= 11 is 1.33. The molecule has 0 fully saturated rings. The van der Waals surface area contributed by atoms with E-state index in [4.69, 9.17) is 0 Å². The van der Waals surface area contributed by atoms with E-state index in [1.165, 1.54) is 40.3 Å². The van der Waals surface area contributed by atoms with Crippen LogP contribution in [0.4, 0.5) is 8.78 Å². The molecule has 0 aliphatic heterocycles. The average molecular weight is 535 g/mol. The molecule has 1 amide bonds. The standard InChI is InChI=1S/C27H20F2N4O4S/c28-19-6-5-15(11-20(19)29)14-33-10-2-4-17(27(33)37)26(36)32-21(12-24(34)35)23-8-7-22(38-23)18-13-31-25-16(18)3-1-9-30-25/h1-11,13,21H,12,14H2,(H,30,31)(H,32,36)(H,34,35). The molecule has 0 spiro atoms. The molecule has 8 nitrogen and oxygen atoms in total. The van der Waals surface area contributed by atoms with E-state index in [9.17, 15) is 28.3 Å². The molecule has 0 aliphatic carbocycles. The molecule has 1 unspecified atom stereocenters. The minimum absolute atomic E-state index is 0.0799. The number of thiophene rings is 1. The van der Waals surface area contributed by atoms with Crippen LogP contribution in [0.1, 0.15) is 33.3 Å². The van der Waals surface area contributed by atoms with E-state index in [2.05, 4.69) is 15.3 Å². The van der Waals surface area contributed by atoms with Crippen molar-refractivity contribution in [2.75, 3.05) is 0 Å². The van der Waals surface area contributed by atoms with Crippen molar-refractivity contribution in [1.82, 2.24) is 19.9 Å². The van der Waals surface area contributed by atoms with E-state index in [-0.39, 0.29) is 12.1 Å². The molecule has 4 aromatic heterocycles. The van der Waals surface area contributed by atoms with Crippen LogP contribution in [-0.2, 0) is 11.3 Å². The minimum atomic E-state index is -1.12. The number of H-pyrrole nitrogens is 1. The fourth-order valence-electron chi connectivity index (χ4n) is 4.15. The Labute approximate surface area is 218 Å². The topological polar surface area (TPSA) is 117 Å². The number of rotatable bonds is 8. The van der Waals surface area contributed by atoms with Gasteiger partial charge in [0.1, 0.15) is 11.2 Å². The van der Waals surface area contributed by atoms with Crippen molar-refractivity contribution in [2.24, 2.45) is 0 Å². The van der Waals surface area contributed by atoms with Crippen molar-refractivity contribution in [3.63, 3.8) is 0 Å². The van der Waals surface area contributed by atoms with Gasteiger partial charge in [0, 0.05) is 39.3 Å². The van der Waals surface area contributed by atoms with E-state index in [1.54, 1.807) is 12.3 Å². The first kappa shape index (κ1) is 25.0. The number of nitrogens with zero attached hydrogens (tertiary/aromatic N) is 2. The quantitative estimate of drug-likeness (QED) is 0.266. The van der Waals surface area contributed by atoms with Crippen LogP contribution in [0.5, 0.6) is 0 Å². The van der Waals surface area contributed by atoms with E-state index in [0.29, 0.717) is 10.4 Å². The highest BCUT2D eigenvalue weighted by Crippen LogP contribution is 2.36. The molecule has 192 valence electrons. The second-order valence-corrected chi connectivity index (χ2v) is 9.65. The zero-order valence-electron chi connectivity index (χ0n) is 19.7. The van der Waals surface area contributed by atoms with Crippen molar-refractivity contribution in [3.05, 3.63) is 111 Å². The highest BCUT2D eigenvalue weighted by molar-refractivity contribution is 7.15. The molecule has 5 rings (SSSR count). The summed E-state index contributed by atoms with van der Waals surface area (Å²) in [6.45, 7) is -0.0799. The first-order valence-electron chi connectivity index (χ1n) is 11.5. The number of halogens is 2. The SMILES string of the molecule is O=C(O)CC(NC(=O)c1cccn(Cc2ccc(F)c(F)c2)c1=O)c1ccc(-c2c[nH]c3ncccc23)s1. The van der Waals surface area contributed by atoms with Gasteiger partial charge in [-0.05, 0) is 54.1 Å². The van der Waals surface area contributed by atoms with Crippen LogP contribution in [0, 0.1) is 11.6 Å². The Balaban J connectivity index is 1.40. The summed E-state index contributed by atoms with van der Waals surface area (Å²) in [4.78, 5) is 46.6. The molecule has 1 atom stereocenters. The number of hydrogen-bond donors (Lipinski definition) is 3. The molecule has 0 radical (unpaired) electrons. The fraction of sp³-hybridized carbons (Fsp3) is 0.111. The Kier molecular flexibility index (Phi) is 6.84. The number of carbonyl (C=O) groups excluding carboxylic acids is 1. The van der Waals surface area contributed by atoms with Gasteiger partial charge in [-0.25, -0.2) is 13.8 Å². The molecular formula is C27H20F2N4O4S. The number of aromatic amines is 1. The summed E-state index contributed by atoms with van der Waals surface area (Å²) < 4.78 is 28.0. The number of aliphatic carboxylic acids is 1. The van der Waals surface area contributed by atoms with Crippen molar-refractivity contribution in [1.29, 1.82) is 0 Å². The number of amides is 1. The molecule has 3 N–H and O–H groups in total. The predicted octanol–water partition coefficient (Wildman–Crippen LogP) is 4.73. The lowest BCUT2D eigenvalue weighted by atomic mass is 10.1. The molecule has 5 aromatic rings. The van der Waals surface area contributed by atoms with Gasteiger partial charge in [-0.1, -0.05) is 6.07 Å². The van der Waals surface area contributed by atoms with E-state index >= 15 is 0 Å². The molecule has 0 saturated heterocycles. The largest absolute Gasteiger partial charge is 0.481 e. The normalized spacial score (nSPS) is 11.9. The van der Waals surface area contributed by atoms with Crippen molar-refractivity contribution < 1.29 is 23.5 Å². The Morgan fingerprint density at radius 3 is 2.74 bits per heavy atom. The number of aromatic nitrogens is 3.